The van der Waals surface area contributed by atoms with E-state index in [0.717, 1.165) is 15.1 Å². The first-order chi connectivity index (χ1) is 12.1. The van der Waals surface area contributed by atoms with Gasteiger partial charge in [0, 0.05) is 6.20 Å². The van der Waals surface area contributed by atoms with Crippen molar-refractivity contribution in [2.45, 2.75) is 0 Å². The average molecular weight is 388 g/mol. The number of hydrogen-bond acceptors (Lipinski definition) is 7. The second kappa shape index (κ2) is 6.40. The molecule has 25 heavy (non-hydrogen) atoms. The Labute approximate surface area is 155 Å². The quantitative estimate of drug-likeness (QED) is 0.546. The molecule has 0 aliphatic heterocycles. The maximum absolute atomic E-state index is 12.5. The van der Waals surface area contributed by atoms with E-state index in [0.29, 0.717) is 20.7 Å². The standard InChI is InChI=1S/C16H10ClN5OS2/c17-8-2-1-3-10-13(8)25-16(21-10)22-14(23)12-5-4-11(24-12)9-6-7-19-15(18)20-9/h1-7H,(H2,18,19,20)(H,21,22,23). The zero-order valence-corrected chi connectivity index (χ0v) is 15.0. The van der Waals surface area contributed by atoms with E-state index in [1.54, 1.807) is 24.4 Å². The molecule has 0 aliphatic rings. The van der Waals surface area contributed by atoms with E-state index in [9.17, 15) is 4.79 Å². The molecule has 0 spiro atoms. The van der Waals surface area contributed by atoms with Crippen molar-refractivity contribution in [3.05, 3.63) is 52.5 Å². The van der Waals surface area contributed by atoms with Crippen LogP contribution in [0.15, 0.2) is 42.6 Å². The second-order valence-electron chi connectivity index (χ2n) is 5.03. The van der Waals surface area contributed by atoms with Crippen LogP contribution in [0.25, 0.3) is 20.8 Å². The van der Waals surface area contributed by atoms with Gasteiger partial charge in [0.2, 0.25) is 5.95 Å². The lowest BCUT2D eigenvalue weighted by Gasteiger charge is -1.98. The minimum atomic E-state index is -0.228. The molecule has 0 aliphatic carbocycles. The SMILES string of the molecule is Nc1nccc(-c2ccc(C(=O)Nc3nc4cccc(Cl)c4s3)s2)n1. The van der Waals surface area contributed by atoms with Crippen LogP contribution >= 0.6 is 34.3 Å². The van der Waals surface area contributed by atoms with Crippen molar-refractivity contribution in [2.24, 2.45) is 0 Å². The van der Waals surface area contributed by atoms with Gasteiger partial charge in [0.05, 0.1) is 30.7 Å². The van der Waals surface area contributed by atoms with Gasteiger partial charge in [0.25, 0.3) is 5.91 Å². The summed E-state index contributed by atoms with van der Waals surface area (Å²) < 4.78 is 0.850. The number of anilines is 2. The number of nitrogens with one attached hydrogen (secondary N) is 1. The van der Waals surface area contributed by atoms with Gasteiger partial charge in [0.1, 0.15) is 0 Å². The number of aromatic nitrogens is 3. The van der Waals surface area contributed by atoms with Crippen molar-refractivity contribution in [1.29, 1.82) is 0 Å². The summed E-state index contributed by atoms with van der Waals surface area (Å²) in [6, 6.07) is 10.8. The maximum atomic E-state index is 12.5. The molecular formula is C16H10ClN5OS2. The van der Waals surface area contributed by atoms with Gasteiger partial charge in [-0.3, -0.25) is 10.1 Å². The fourth-order valence-electron chi connectivity index (χ4n) is 2.24. The Morgan fingerprint density at radius 3 is 2.80 bits per heavy atom. The van der Waals surface area contributed by atoms with Gasteiger partial charge in [-0.2, -0.15) is 0 Å². The molecule has 124 valence electrons. The van der Waals surface area contributed by atoms with Crippen LogP contribution in [0.4, 0.5) is 11.1 Å². The Kier molecular flexibility index (Phi) is 4.08. The second-order valence-corrected chi connectivity index (χ2v) is 7.52. The summed E-state index contributed by atoms with van der Waals surface area (Å²) >= 11 is 8.81. The summed E-state index contributed by atoms with van der Waals surface area (Å²) in [4.78, 5) is 26.3. The van der Waals surface area contributed by atoms with Crippen molar-refractivity contribution in [3.63, 3.8) is 0 Å². The highest BCUT2D eigenvalue weighted by molar-refractivity contribution is 7.23. The van der Waals surface area contributed by atoms with Crippen LogP contribution in [0.3, 0.4) is 0 Å². The molecule has 0 fully saturated rings. The van der Waals surface area contributed by atoms with Crippen molar-refractivity contribution in [3.8, 4) is 10.6 Å². The molecule has 6 nitrogen and oxygen atoms in total. The Morgan fingerprint density at radius 1 is 1.12 bits per heavy atom. The zero-order valence-electron chi connectivity index (χ0n) is 12.6. The van der Waals surface area contributed by atoms with E-state index in [-0.39, 0.29) is 11.9 Å². The minimum Gasteiger partial charge on any atom is -0.368 e. The number of nitrogen functional groups attached to an aromatic ring is 1. The number of thiophene rings is 1. The number of nitrogens with two attached hydrogens (primary N) is 1. The first-order valence-electron chi connectivity index (χ1n) is 7.15. The summed E-state index contributed by atoms with van der Waals surface area (Å²) in [5.41, 5.74) is 7.04. The summed E-state index contributed by atoms with van der Waals surface area (Å²) in [7, 11) is 0. The van der Waals surface area contributed by atoms with Gasteiger partial charge in [0.15, 0.2) is 5.13 Å². The molecular weight excluding hydrogens is 378 g/mol. The van der Waals surface area contributed by atoms with E-state index in [1.165, 1.54) is 22.7 Å². The third-order valence-electron chi connectivity index (χ3n) is 3.34. The summed E-state index contributed by atoms with van der Waals surface area (Å²) in [6.45, 7) is 0. The summed E-state index contributed by atoms with van der Waals surface area (Å²) in [5, 5.41) is 3.94. The highest BCUT2D eigenvalue weighted by atomic mass is 35.5. The van der Waals surface area contributed by atoms with Gasteiger partial charge in [-0.05, 0) is 30.3 Å². The molecule has 1 aromatic carbocycles. The molecule has 0 saturated heterocycles. The predicted octanol–water partition coefficient (Wildman–Crippen LogP) is 4.30. The summed E-state index contributed by atoms with van der Waals surface area (Å²) in [6.07, 6.45) is 1.59. The largest absolute Gasteiger partial charge is 0.368 e. The normalized spacial score (nSPS) is 10.9. The van der Waals surface area contributed by atoms with E-state index in [2.05, 4.69) is 20.3 Å². The van der Waals surface area contributed by atoms with Gasteiger partial charge in [-0.25, -0.2) is 15.0 Å². The van der Waals surface area contributed by atoms with Crippen molar-refractivity contribution >= 4 is 61.5 Å². The van der Waals surface area contributed by atoms with E-state index in [4.69, 9.17) is 17.3 Å². The highest BCUT2D eigenvalue weighted by Crippen LogP contribution is 2.33. The molecule has 0 radical (unpaired) electrons. The van der Waals surface area contributed by atoms with Crippen LogP contribution in [0, 0.1) is 0 Å². The smallest absolute Gasteiger partial charge is 0.267 e. The third kappa shape index (κ3) is 3.19. The van der Waals surface area contributed by atoms with Crippen LogP contribution < -0.4 is 11.1 Å². The molecule has 9 heteroatoms. The van der Waals surface area contributed by atoms with E-state index < -0.39 is 0 Å². The number of halogens is 1. The first-order valence-corrected chi connectivity index (χ1v) is 9.16. The van der Waals surface area contributed by atoms with Gasteiger partial charge in [-0.1, -0.05) is 29.0 Å². The topological polar surface area (TPSA) is 93.8 Å². The van der Waals surface area contributed by atoms with Crippen molar-refractivity contribution in [1.82, 2.24) is 15.0 Å². The van der Waals surface area contributed by atoms with Crippen LogP contribution in [0.2, 0.25) is 5.02 Å². The highest BCUT2D eigenvalue weighted by Gasteiger charge is 2.14. The Morgan fingerprint density at radius 2 is 2.00 bits per heavy atom. The maximum Gasteiger partial charge on any atom is 0.267 e. The van der Waals surface area contributed by atoms with E-state index >= 15 is 0 Å². The number of rotatable bonds is 3. The molecule has 1 amide bonds. The Hall–Kier alpha value is -2.55. The van der Waals surface area contributed by atoms with Crippen LogP contribution in [0.1, 0.15) is 9.67 Å². The third-order valence-corrected chi connectivity index (χ3v) is 5.90. The number of benzene rings is 1. The monoisotopic (exact) mass is 387 g/mol. The lowest BCUT2D eigenvalue weighted by Crippen LogP contribution is -2.09. The van der Waals surface area contributed by atoms with Crippen molar-refractivity contribution < 1.29 is 4.79 Å². The van der Waals surface area contributed by atoms with Crippen LogP contribution in [0.5, 0.6) is 0 Å². The molecule has 0 unspecified atom stereocenters. The van der Waals surface area contributed by atoms with E-state index in [1.807, 2.05) is 18.2 Å². The van der Waals surface area contributed by atoms with Crippen LogP contribution in [-0.4, -0.2) is 20.9 Å². The minimum absolute atomic E-state index is 0.197. The van der Waals surface area contributed by atoms with Crippen molar-refractivity contribution in [2.75, 3.05) is 11.1 Å². The predicted molar refractivity (Wildman–Crippen MR) is 102 cm³/mol. The molecule has 0 saturated carbocycles. The molecule has 0 atom stereocenters. The molecule has 4 aromatic rings. The number of nitrogens with zero attached hydrogens (tertiary/aromatic N) is 3. The number of amides is 1. The number of carbonyl (C=O) groups excluding carboxylic acids is 1. The molecule has 0 bridgehead atoms. The molecule has 3 aromatic heterocycles. The molecule has 4 rings (SSSR count). The fraction of sp³-hybridized carbons (Fsp3) is 0. The average Bonchev–Trinajstić information content (AvgIpc) is 3.22. The number of thiazole rings is 1. The fourth-order valence-corrected chi connectivity index (χ4v) is 4.26. The summed E-state index contributed by atoms with van der Waals surface area (Å²) in [5.74, 6) is -0.0308. The zero-order chi connectivity index (χ0) is 17.4. The number of fused-ring (bicyclic) bond motifs is 1. The van der Waals surface area contributed by atoms with Gasteiger partial charge in [-0.15, -0.1) is 11.3 Å². The first kappa shape index (κ1) is 15.9. The van der Waals surface area contributed by atoms with Gasteiger partial charge >= 0.3 is 0 Å². The number of carbonyl (C=O) groups is 1. The van der Waals surface area contributed by atoms with Crippen LogP contribution in [-0.2, 0) is 0 Å². The Bertz CT molecular complexity index is 1090. The lowest BCUT2D eigenvalue weighted by atomic mass is 10.3. The van der Waals surface area contributed by atoms with Gasteiger partial charge < -0.3 is 5.73 Å². The molecule has 3 N–H and O–H groups in total. The number of hydrogen-bond donors (Lipinski definition) is 2. The molecule has 3 heterocycles. The Balaban J connectivity index is 1.58. The lowest BCUT2D eigenvalue weighted by molar-refractivity contribution is 0.103.